The average molecular weight is 338 g/mol. The number of carbonyl (C=O) groups is 1. The van der Waals surface area contributed by atoms with E-state index in [9.17, 15) is 4.79 Å². The summed E-state index contributed by atoms with van der Waals surface area (Å²) in [4.78, 5) is 19.9. The maximum atomic E-state index is 13.0. The molecule has 1 aromatic carbocycles. The highest BCUT2D eigenvalue weighted by Gasteiger charge is 2.39. The second-order valence-electron chi connectivity index (χ2n) is 7.49. The maximum absolute atomic E-state index is 13.0. The zero-order valence-corrected chi connectivity index (χ0v) is 14.7. The number of anilines is 1. The van der Waals surface area contributed by atoms with Crippen LogP contribution in [-0.2, 0) is 4.79 Å². The fourth-order valence-corrected chi connectivity index (χ4v) is 4.65. The van der Waals surface area contributed by atoms with Gasteiger partial charge in [-0.25, -0.2) is 0 Å². The van der Waals surface area contributed by atoms with E-state index in [4.69, 9.17) is 5.26 Å². The minimum Gasteiger partial charge on any atom is -0.311 e. The van der Waals surface area contributed by atoms with Crippen LogP contribution in [0.3, 0.4) is 0 Å². The van der Waals surface area contributed by atoms with E-state index in [0.29, 0.717) is 11.6 Å². The number of hydrogen-bond acceptors (Lipinski definition) is 4. The molecule has 5 heteroatoms. The molecule has 0 unspecified atom stereocenters. The van der Waals surface area contributed by atoms with Gasteiger partial charge < -0.3 is 4.90 Å². The first-order chi connectivity index (χ1) is 12.3. The lowest BCUT2D eigenvalue weighted by Crippen LogP contribution is -2.52. The van der Waals surface area contributed by atoms with Gasteiger partial charge >= 0.3 is 0 Å². The number of likely N-dealkylation sites (tertiary alicyclic amines) is 2. The van der Waals surface area contributed by atoms with Gasteiger partial charge in [0, 0.05) is 24.8 Å². The first-order valence-corrected chi connectivity index (χ1v) is 9.56. The molecule has 0 spiro atoms. The second kappa shape index (κ2) is 7.15. The van der Waals surface area contributed by atoms with Gasteiger partial charge in [0.05, 0.1) is 17.7 Å². The van der Waals surface area contributed by atoms with Crippen molar-refractivity contribution in [2.24, 2.45) is 0 Å². The molecule has 3 saturated heterocycles. The van der Waals surface area contributed by atoms with E-state index >= 15 is 0 Å². The molecule has 25 heavy (non-hydrogen) atoms. The molecule has 3 aliphatic heterocycles. The van der Waals surface area contributed by atoms with Crippen molar-refractivity contribution in [3.63, 3.8) is 0 Å². The minimum absolute atomic E-state index is 0.0287. The van der Waals surface area contributed by atoms with Crippen molar-refractivity contribution in [3.05, 3.63) is 29.8 Å². The summed E-state index contributed by atoms with van der Waals surface area (Å²) in [5.74, 6) is 0.228. The summed E-state index contributed by atoms with van der Waals surface area (Å²) >= 11 is 0. The van der Waals surface area contributed by atoms with E-state index in [-0.39, 0.29) is 11.9 Å². The Balaban J connectivity index is 1.42. The van der Waals surface area contributed by atoms with Gasteiger partial charge in [0.1, 0.15) is 0 Å². The number of nitrogens with zero attached hydrogens (tertiary/aromatic N) is 4. The molecule has 1 amide bonds. The zero-order chi connectivity index (χ0) is 17.2. The fourth-order valence-electron chi connectivity index (χ4n) is 4.65. The van der Waals surface area contributed by atoms with Gasteiger partial charge in [-0.1, -0.05) is 0 Å². The number of hydrogen-bond donors (Lipinski definition) is 0. The summed E-state index contributed by atoms with van der Waals surface area (Å²) in [7, 11) is 0. The van der Waals surface area contributed by atoms with E-state index in [1.807, 2.05) is 17.0 Å². The van der Waals surface area contributed by atoms with Crippen molar-refractivity contribution in [2.45, 2.75) is 44.2 Å². The third-order valence-electron chi connectivity index (χ3n) is 6.01. The van der Waals surface area contributed by atoms with Gasteiger partial charge in [0.15, 0.2) is 0 Å². The largest absolute Gasteiger partial charge is 0.311 e. The number of rotatable bonds is 3. The fraction of sp³-hybridized carbons (Fsp3) is 0.600. The lowest BCUT2D eigenvalue weighted by atomic mass is 10.0. The lowest BCUT2D eigenvalue weighted by Gasteiger charge is -2.39. The molecule has 3 aliphatic rings. The average Bonchev–Trinajstić information content (AvgIpc) is 3.32. The number of nitriles is 1. The van der Waals surface area contributed by atoms with Gasteiger partial charge in [-0.15, -0.1) is 0 Å². The van der Waals surface area contributed by atoms with E-state index < -0.39 is 0 Å². The van der Waals surface area contributed by atoms with Crippen LogP contribution < -0.4 is 4.90 Å². The van der Waals surface area contributed by atoms with Gasteiger partial charge in [-0.3, -0.25) is 14.6 Å². The molecular formula is C20H26N4O. The number of amides is 1. The highest BCUT2D eigenvalue weighted by Crippen LogP contribution is 2.28. The van der Waals surface area contributed by atoms with Gasteiger partial charge in [-0.2, -0.15) is 5.26 Å². The van der Waals surface area contributed by atoms with E-state index in [2.05, 4.69) is 15.9 Å². The molecular weight excluding hydrogens is 312 g/mol. The molecule has 132 valence electrons. The molecule has 0 saturated carbocycles. The summed E-state index contributed by atoms with van der Waals surface area (Å²) in [5.41, 5.74) is 1.55. The van der Waals surface area contributed by atoms with Crippen LogP contribution in [0.4, 0.5) is 5.69 Å². The van der Waals surface area contributed by atoms with E-state index in [0.717, 1.165) is 31.7 Å². The normalized spacial score (nSPS) is 28.4. The molecule has 0 aromatic heterocycles. The Bertz CT molecular complexity index is 659. The Morgan fingerprint density at radius 3 is 2.36 bits per heavy atom. The predicted molar refractivity (Wildman–Crippen MR) is 97.3 cm³/mol. The van der Waals surface area contributed by atoms with Crippen LogP contribution in [0, 0.1) is 11.3 Å². The van der Waals surface area contributed by atoms with Crippen LogP contribution in [0.25, 0.3) is 0 Å². The Morgan fingerprint density at radius 1 is 0.920 bits per heavy atom. The first-order valence-electron chi connectivity index (χ1n) is 9.56. The number of piperidine rings is 1. The SMILES string of the molecule is N#Cc1ccc(N2CC[C@@H](N3CCC[C@@H](N4CCCC4)C3)C2=O)cc1. The van der Waals surface area contributed by atoms with Crippen LogP contribution in [0.5, 0.6) is 0 Å². The molecule has 2 atom stereocenters. The van der Waals surface area contributed by atoms with Crippen molar-refractivity contribution < 1.29 is 4.79 Å². The highest BCUT2D eigenvalue weighted by molar-refractivity contribution is 5.99. The minimum atomic E-state index is 0.0287. The number of carbonyl (C=O) groups excluding carboxylic acids is 1. The van der Waals surface area contributed by atoms with E-state index in [1.54, 1.807) is 12.1 Å². The van der Waals surface area contributed by atoms with Crippen LogP contribution >= 0.6 is 0 Å². The highest BCUT2D eigenvalue weighted by atomic mass is 16.2. The van der Waals surface area contributed by atoms with Crippen molar-refractivity contribution >= 4 is 11.6 Å². The molecule has 0 bridgehead atoms. The molecule has 5 nitrogen and oxygen atoms in total. The summed E-state index contributed by atoms with van der Waals surface area (Å²) in [6.07, 6.45) is 6.03. The Hall–Kier alpha value is -1.90. The molecule has 0 radical (unpaired) electrons. The van der Waals surface area contributed by atoms with Gasteiger partial charge in [0.2, 0.25) is 5.91 Å². The van der Waals surface area contributed by atoms with Gasteiger partial charge in [0.25, 0.3) is 0 Å². The summed E-state index contributed by atoms with van der Waals surface area (Å²) in [6, 6.07) is 10.2. The monoisotopic (exact) mass is 338 g/mol. The topological polar surface area (TPSA) is 50.6 Å². The lowest BCUT2D eigenvalue weighted by molar-refractivity contribution is -0.122. The molecule has 0 N–H and O–H groups in total. The van der Waals surface area contributed by atoms with Crippen LogP contribution in [0.1, 0.15) is 37.7 Å². The Labute approximate surface area is 149 Å². The first kappa shape index (κ1) is 16.6. The Kier molecular flexibility index (Phi) is 4.74. The smallest absolute Gasteiger partial charge is 0.244 e. The second-order valence-corrected chi connectivity index (χ2v) is 7.49. The van der Waals surface area contributed by atoms with Gasteiger partial charge in [-0.05, 0) is 76.0 Å². The molecule has 1 aromatic rings. The van der Waals surface area contributed by atoms with Crippen molar-refractivity contribution in [2.75, 3.05) is 37.6 Å². The summed E-state index contributed by atoms with van der Waals surface area (Å²) in [6.45, 7) is 5.32. The van der Waals surface area contributed by atoms with Crippen molar-refractivity contribution in [3.8, 4) is 6.07 Å². The quantitative estimate of drug-likeness (QED) is 0.848. The third-order valence-corrected chi connectivity index (χ3v) is 6.01. The van der Waals surface area contributed by atoms with E-state index in [1.165, 1.54) is 38.8 Å². The van der Waals surface area contributed by atoms with Crippen molar-refractivity contribution in [1.29, 1.82) is 5.26 Å². The third kappa shape index (κ3) is 3.29. The summed E-state index contributed by atoms with van der Waals surface area (Å²) < 4.78 is 0. The molecule has 3 heterocycles. The van der Waals surface area contributed by atoms with Crippen LogP contribution in [0.2, 0.25) is 0 Å². The standard InChI is InChI=1S/C20H26N4O/c21-14-16-5-7-17(8-6-16)24-13-9-19(20(24)25)23-12-3-4-18(15-23)22-10-1-2-11-22/h5-8,18-19H,1-4,9-13,15H2/t18-,19-/m1/s1. The van der Waals surface area contributed by atoms with Crippen LogP contribution in [-0.4, -0.2) is 60.5 Å². The molecule has 3 fully saturated rings. The van der Waals surface area contributed by atoms with Crippen molar-refractivity contribution in [1.82, 2.24) is 9.80 Å². The molecule has 0 aliphatic carbocycles. The predicted octanol–water partition coefficient (Wildman–Crippen LogP) is 2.22. The van der Waals surface area contributed by atoms with Crippen LogP contribution in [0.15, 0.2) is 24.3 Å². The molecule has 4 rings (SSSR count). The summed E-state index contributed by atoms with van der Waals surface area (Å²) in [5, 5.41) is 8.93. The maximum Gasteiger partial charge on any atom is 0.244 e. The zero-order valence-electron chi connectivity index (χ0n) is 14.7. The number of benzene rings is 1. The Morgan fingerprint density at radius 2 is 1.64 bits per heavy atom.